The molecule has 2 aliphatic rings. The summed E-state index contributed by atoms with van der Waals surface area (Å²) in [4.78, 5) is 23.0. The molecule has 0 spiro atoms. The van der Waals surface area contributed by atoms with Gasteiger partial charge in [-0.15, -0.1) is 0 Å². The summed E-state index contributed by atoms with van der Waals surface area (Å²) < 4.78 is 0. The van der Waals surface area contributed by atoms with Crippen molar-refractivity contribution in [2.75, 3.05) is 18.4 Å². The first-order chi connectivity index (χ1) is 12.6. The predicted octanol–water partition coefficient (Wildman–Crippen LogP) is 2.60. The van der Waals surface area contributed by atoms with Gasteiger partial charge in [-0.2, -0.15) is 5.26 Å². The number of aromatic nitrogens is 2. The summed E-state index contributed by atoms with van der Waals surface area (Å²) >= 11 is 6.10. The first kappa shape index (κ1) is 16.8. The summed E-state index contributed by atoms with van der Waals surface area (Å²) in [7, 11) is 0. The standard InChI is InChI=1S/C19H18ClN5O/c1-2-25-4-3-17-16(18(25)26)10-22-19(24-17)23-14-7-11-5-13(20)6-12(9-21)15(11)8-14/h5-6,10,14H,2-4,7-8H2,1H3,(H,22,23,24). The number of rotatable bonds is 3. The molecular weight excluding hydrogens is 350 g/mol. The van der Waals surface area contributed by atoms with Gasteiger partial charge in [-0.05, 0) is 43.0 Å². The molecule has 1 aliphatic heterocycles. The van der Waals surface area contributed by atoms with Crippen LogP contribution in [0, 0.1) is 11.3 Å². The number of halogens is 1. The third kappa shape index (κ3) is 2.89. The molecule has 0 bridgehead atoms. The lowest BCUT2D eigenvalue weighted by molar-refractivity contribution is 0.0746. The second kappa shape index (κ2) is 6.58. The molecule has 132 valence electrons. The second-order valence-electron chi connectivity index (χ2n) is 6.64. The van der Waals surface area contributed by atoms with Crippen molar-refractivity contribution in [2.24, 2.45) is 0 Å². The van der Waals surface area contributed by atoms with Gasteiger partial charge in [0.2, 0.25) is 5.95 Å². The highest BCUT2D eigenvalue weighted by molar-refractivity contribution is 6.30. The van der Waals surface area contributed by atoms with E-state index in [0.717, 1.165) is 36.1 Å². The molecule has 1 amide bonds. The Balaban J connectivity index is 1.53. The largest absolute Gasteiger partial charge is 0.351 e. The van der Waals surface area contributed by atoms with Gasteiger partial charge in [0.15, 0.2) is 0 Å². The summed E-state index contributed by atoms with van der Waals surface area (Å²) in [5.41, 5.74) is 4.16. The number of carbonyl (C=O) groups excluding carboxylic acids is 1. The number of fused-ring (bicyclic) bond motifs is 2. The van der Waals surface area contributed by atoms with Crippen LogP contribution >= 0.6 is 11.6 Å². The van der Waals surface area contributed by atoms with Crippen molar-refractivity contribution in [2.45, 2.75) is 32.2 Å². The molecule has 1 aliphatic carbocycles. The van der Waals surface area contributed by atoms with Gasteiger partial charge < -0.3 is 10.2 Å². The zero-order valence-corrected chi connectivity index (χ0v) is 15.2. The molecule has 1 unspecified atom stereocenters. The highest BCUT2D eigenvalue weighted by atomic mass is 35.5. The van der Waals surface area contributed by atoms with Gasteiger partial charge in [-0.1, -0.05) is 11.6 Å². The number of benzene rings is 1. The van der Waals surface area contributed by atoms with Crippen LogP contribution in [0.4, 0.5) is 5.95 Å². The second-order valence-corrected chi connectivity index (χ2v) is 7.08. The molecule has 1 atom stereocenters. The number of anilines is 1. The van der Waals surface area contributed by atoms with E-state index in [1.165, 1.54) is 0 Å². The van der Waals surface area contributed by atoms with Crippen molar-refractivity contribution >= 4 is 23.5 Å². The van der Waals surface area contributed by atoms with Gasteiger partial charge in [-0.3, -0.25) is 4.79 Å². The van der Waals surface area contributed by atoms with E-state index in [0.29, 0.717) is 35.2 Å². The van der Waals surface area contributed by atoms with Gasteiger partial charge in [0.05, 0.1) is 22.9 Å². The van der Waals surface area contributed by atoms with Crippen molar-refractivity contribution < 1.29 is 4.79 Å². The topological polar surface area (TPSA) is 81.9 Å². The monoisotopic (exact) mass is 367 g/mol. The molecule has 1 N–H and O–H groups in total. The molecule has 2 aromatic rings. The Kier molecular flexibility index (Phi) is 4.25. The highest BCUT2D eigenvalue weighted by Crippen LogP contribution is 2.30. The van der Waals surface area contributed by atoms with Crippen LogP contribution < -0.4 is 5.32 Å². The Hall–Kier alpha value is -2.65. The number of carbonyl (C=O) groups is 1. The minimum Gasteiger partial charge on any atom is -0.351 e. The summed E-state index contributed by atoms with van der Waals surface area (Å²) in [6.07, 6.45) is 3.87. The Morgan fingerprint density at radius 1 is 1.42 bits per heavy atom. The minimum atomic E-state index is 0.00174. The van der Waals surface area contributed by atoms with Gasteiger partial charge >= 0.3 is 0 Å². The van der Waals surface area contributed by atoms with Crippen LogP contribution in [0.3, 0.4) is 0 Å². The van der Waals surface area contributed by atoms with Crippen LogP contribution in [0.1, 0.15) is 39.7 Å². The lowest BCUT2D eigenvalue weighted by Crippen LogP contribution is -2.38. The maximum atomic E-state index is 12.3. The number of nitriles is 1. The third-order valence-electron chi connectivity index (χ3n) is 5.06. The number of likely N-dealkylation sites (N-methyl/N-ethyl adjacent to an activating group) is 1. The van der Waals surface area contributed by atoms with E-state index >= 15 is 0 Å². The average Bonchev–Trinajstić information content (AvgIpc) is 3.03. The highest BCUT2D eigenvalue weighted by Gasteiger charge is 2.27. The quantitative estimate of drug-likeness (QED) is 0.901. The van der Waals surface area contributed by atoms with Crippen molar-refractivity contribution in [3.05, 3.63) is 51.3 Å². The molecule has 0 saturated heterocycles. The maximum Gasteiger partial charge on any atom is 0.257 e. The van der Waals surface area contributed by atoms with E-state index in [1.54, 1.807) is 17.2 Å². The fraction of sp³-hybridized carbons (Fsp3) is 0.368. The first-order valence-electron chi connectivity index (χ1n) is 8.72. The third-order valence-corrected chi connectivity index (χ3v) is 5.28. The van der Waals surface area contributed by atoms with E-state index in [4.69, 9.17) is 11.6 Å². The van der Waals surface area contributed by atoms with Crippen LogP contribution in [0.25, 0.3) is 0 Å². The van der Waals surface area contributed by atoms with Crippen LogP contribution in [0.15, 0.2) is 18.3 Å². The molecule has 4 rings (SSSR count). The zero-order valence-electron chi connectivity index (χ0n) is 14.4. The number of amides is 1. The van der Waals surface area contributed by atoms with Gasteiger partial charge in [0, 0.05) is 36.8 Å². The fourth-order valence-electron chi connectivity index (χ4n) is 3.76. The Morgan fingerprint density at radius 3 is 3.04 bits per heavy atom. The van der Waals surface area contributed by atoms with E-state index in [9.17, 15) is 10.1 Å². The summed E-state index contributed by atoms with van der Waals surface area (Å²) in [6, 6.07) is 5.97. The van der Waals surface area contributed by atoms with E-state index in [-0.39, 0.29) is 11.9 Å². The zero-order chi connectivity index (χ0) is 18.3. The molecular formula is C19H18ClN5O. The molecule has 6 nitrogen and oxygen atoms in total. The van der Waals surface area contributed by atoms with Crippen molar-refractivity contribution in [3.63, 3.8) is 0 Å². The van der Waals surface area contributed by atoms with Crippen LogP contribution in [-0.2, 0) is 19.3 Å². The molecule has 0 radical (unpaired) electrons. The van der Waals surface area contributed by atoms with Crippen molar-refractivity contribution in [1.82, 2.24) is 14.9 Å². The van der Waals surface area contributed by atoms with Gasteiger partial charge in [0.1, 0.15) is 0 Å². The van der Waals surface area contributed by atoms with E-state index in [2.05, 4.69) is 21.4 Å². The van der Waals surface area contributed by atoms with Crippen LogP contribution in [-0.4, -0.2) is 39.9 Å². The average molecular weight is 368 g/mol. The number of nitrogens with one attached hydrogen (secondary N) is 1. The molecule has 26 heavy (non-hydrogen) atoms. The molecule has 2 heterocycles. The number of nitrogens with zero attached hydrogens (tertiary/aromatic N) is 4. The normalized spacial score (nSPS) is 18.3. The number of hydrogen-bond donors (Lipinski definition) is 1. The van der Waals surface area contributed by atoms with Crippen LogP contribution in [0.5, 0.6) is 0 Å². The van der Waals surface area contributed by atoms with E-state index in [1.807, 2.05) is 13.0 Å². The minimum absolute atomic E-state index is 0.00174. The van der Waals surface area contributed by atoms with Gasteiger partial charge in [0.25, 0.3) is 5.91 Å². The molecule has 1 aromatic heterocycles. The summed E-state index contributed by atoms with van der Waals surface area (Å²) in [6.45, 7) is 3.36. The molecule has 7 heteroatoms. The van der Waals surface area contributed by atoms with Crippen LogP contribution in [0.2, 0.25) is 5.02 Å². The van der Waals surface area contributed by atoms with Gasteiger partial charge in [-0.25, -0.2) is 9.97 Å². The van der Waals surface area contributed by atoms with Crippen molar-refractivity contribution in [3.8, 4) is 6.07 Å². The Labute approximate surface area is 156 Å². The smallest absolute Gasteiger partial charge is 0.257 e. The lowest BCUT2D eigenvalue weighted by Gasteiger charge is -2.26. The molecule has 0 fully saturated rings. The SMILES string of the molecule is CCN1CCc2nc(NC3Cc4cc(Cl)cc(C#N)c4C3)ncc2C1=O. The van der Waals surface area contributed by atoms with Crippen molar-refractivity contribution in [1.29, 1.82) is 5.26 Å². The summed E-state index contributed by atoms with van der Waals surface area (Å²) in [5.74, 6) is 0.533. The Morgan fingerprint density at radius 2 is 2.27 bits per heavy atom. The first-order valence-corrected chi connectivity index (χ1v) is 9.10. The fourth-order valence-corrected chi connectivity index (χ4v) is 4.00. The lowest BCUT2D eigenvalue weighted by atomic mass is 10.0. The molecule has 0 saturated carbocycles. The number of hydrogen-bond acceptors (Lipinski definition) is 5. The molecule has 1 aromatic carbocycles. The Bertz CT molecular complexity index is 936. The predicted molar refractivity (Wildman–Crippen MR) is 98.3 cm³/mol. The van der Waals surface area contributed by atoms with E-state index < -0.39 is 0 Å². The summed E-state index contributed by atoms with van der Waals surface area (Å²) in [5, 5.41) is 13.2. The maximum absolute atomic E-state index is 12.3.